The molecule has 5 atom stereocenters. The number of ether oxygens (including phenoxy) is 2. The second-order valence-corrected chi connectivity index (χ2v) is 15.7. The number of nitrogens with one attached hydrogen (secondary N) is 4. The molecule has 0 spiro atoms. The van der Waals surface area contributed by atoms with Crippen LogP contribution in [0.3, 0.4) is 0 Å². The molecule has 1 aliphatic heterocycles. The van der Waals surface area contributed by atoms with Crippen LogP contribution in [0.4, 0.5) is 0 Å². The Morgan fingerprint density at radius 3 is 2.16 bits per heavy atom. The number of rotatable bonds is 19. The third kappa shape index (κ3) is 12.8. The largest absolute Gasteiger partial charge is 0.492 e. The van der Waals surface area contributed by atoms with Gasteiger partial charge in [-0.1, -0.05) is 12.1 Å². The monoisotopic (exact) mass is 788 g/mol. The molecule has 0 radical (unpaired) electrons. The van der Waals surface area contributed by atoms with E-state index in [0.717, 1.165) is 6.26 Å². The summed E-state index contributed by atoms with van der Waals surface area (Å²) in [6.07, 6.45) is 2.51. The number of fused-ring (bicyclic) bond motifs is 5. The normalized spacial score (nSPS) is 19.3. The van der Waals surface area contributed by atoms with Crippen LogP contribution in [0.25, 0.3) is 11.1 Å². The average molecular weight is 789 g/mol. The van der Waals surface area contributed by atoms with Gasteiger partial charge in [-0.3, -0.25) is 24.1 Å². The highest BCUT2D eigenvalue weighted by atomic mass is 32.2. The minimum Gasteiger partial charge on any atom is -0.492 e. The predicted molar refractivity (Wildman–Crippen MR) is 208 cm³/mol. The topological polar surface area (TPSA) is 267 Å². The summed E-state index contributed by atoms with van der Waals surface area (Å²) in [5, 5.41) is 8.10. The Labute approximate surface area is 322 Å². The van der Waals surface area contributed by atoms with Crippen molar-refractivity contribution >= 4 is 39.8 Å². The van der Waals surface area contributed by atoms with Crippen LogP contribution in [0.2, 0.25) is 0 Å². The van der Waals surface area contributed by atoms with Crippen molar-refractivity contribution in [2.75, 3.05) is 52.7 Å². The lowest BCUT2D eigenvalue weighted by molar-refractivity contribution is -0.134. The molecule has 1 aliphatic rings. The number of Topliss-reactive ketones (excluding diaryl/α,β-unsaturated/α-hetero) is 1. The zero-order valence-electron chi connectivity index (χ0n) is 32.2. The molecule has 1 heterocycles. The van der Waals surface area contributed by atoms with Crippen molar-refractivity contribution in [1.82, 2.24) is 25.6 Å². The number of sulfonamides is 1. The number of hydrogen-bond donors (Lipinski definition) is 7. The molecule has 4 bridgehead atoms. The van der Waals surface area contributed by atoms with Crippen molar-refractivity contribution in [2.45, 2.75) is 76.2 Å². The predicted octanol–water partition coefficient (Wildman–Crippen LogP) is -0.743. The molecule has 2 aromatic carbocycles. The van der Waals surface area contributed by atoms with Gasteiger partial charge < -0.3 is 47.4 Å². The third-order valence-corrected chi connectivity index (χ3v) is 9.89. The molecular weight excluding hydrogens is 733 g/mol. The molecule has 0 unspecified atom stereocenters. The first-order valence-corrected chi connectivity index (χ1v) is 20.1. The number of nitrogens with two attached hydrogens (primary N) is 3. The highest BCUT2D eigenvalue weighted by Gasteiger charge is 2.39. The maximum atomic E-state index is 14.4. The van der Waals surface area contributed by atoms with Crippen LogP contribution in [0.15, 0.2) is 36.4 Å². The van der Waals surface area contributed by atoms with E-state index in [4.69, 9.17) is 26.7 Å². The molecule has 17 nitrogen and oxygen atoms in total. The van der Waals surface area contributed by atoms with Gasteiger partial charge in [0.25, 0.3) is 0 Å². The summed E-state index contributed by atoms with van der Waals surface area (Å²) >= 11 is 0. The maximum Gasteiger partial charge on any atom is 0.243 e. The molecule has 2 aromatic rings. The van der Waals surface area contributed by atoms with E-state index in [2.05, 4.69) is 20.7 Å². The van der Waals surface area contributed by atoms with Crippen LogP contribution in [-0.2, 0) is 40.4 Å². The number of likely N-dealkylation sites (N-methyl/N-ethyl adjacent to an activating group) is 1. The summed E-state index contributed by atoms with van der Waals surface area (Å²) in [7, 11) is -2.34. The molecular formula is C37H56N8O9S. The first-order valence-electron chi connectivity index (χ1n) is 18.2. The lowest BCUT2D eigenvalue weighted by Crippen LogP contribution is -2.58. The van der Waals surface area contributed by atoms with Crippen LogP contribution >= 0.6 is 0 Å². The van der Waals surface area contributed by atoms with Crippen LogP contribution in [0.5, 0.6) is 11.5 Å². The Bertz CT molecular complexity index is 1790. The van der Waals surface area contributed by atoms with E-state index >= 15 is 0 Å². The van der Waals surface area contributed by atoms with Gasteiger partial charge in [0, 0.05) is 37.2 Å². The molecule has 18 heteroatoms. The summed E-state index contributed by atoms with van der Waals surface area (Å²) in [6, 6.07) is 5.90. The van der Waals surface area contributed by atoms with E-state index in [-0.39, 0.29) is 51.5 Å². The molecule has 3 rings (SSSR count). The number of benzene rings is 2. The summed E-state index contributed by atoms with van der Waals surface area (Å²) < 4.78 is 39.7. The Morgan fingerprint density at radius 1 is 0.982 bits per heavy atom. The number of amides is 3. The molecule has 0 fully saturated rings. The summed E-state index contributed by atoms with van der Waals surface area (Å²) in [4.78, 5) is 67.9. The molecule has 10 N–H and O–H groups in total. The molecule has 0 aliphatic carbocycles. The lowest BCUT2D eigenvalue weighted by atomic mass is 9.91. The van der Waals surface area contributed by atoms with Crippen molar-refractivity contribution in [3.63, 3.8) is 0 Å². The summed E-state index contributed by atoms with van der Waals surface area (Å²) in [5.41, 5.74) is 17.7. The van der Waals surface area contributed by atoms with Gasteiger partial charge in [0.2, 0.25) is 27.7 Å². The minimum absolute atomic E-state index is 0.00233. The molecule has 3 amide bonds. The zero-order valence-corrected chi connectivity index (χ0v) is 33.0. The molecule has 0 saturated heterocycles. The second kappa shape index (κ2) is 20.5. The standard InChI is InChI=1S/C37H56N8O9S/c1-23(25(3)47)41-35(49)30-19-26-8-10-31(53-16-14-39)28(18-26)29-20-27(9-11-32(29)54-17-15-40)33(36(50)42-24(2)34(48)43-30)45(4)21-37(22-46,12-6-7-13-38)44-55(5,51)52/h8-11,18,20,22-24,30,33,44H,6-7,12-17,19,21,38-40H2,1-5H3,(H,41,49)(H,42,50)(H,43,48)/t23-,24-,30-,33-,37+/m0/s1. The minimum atomic E-state index is -3.91. The van der Waals surface area contributed by atoms with Crippen molar-refractivity contribution in [1.29, 1.82) is 0 Å². The van der Waals surface area contributed by atoms with Gasteiger partial charge in [-0.2, -0.15) is 0 Å². The SMILES string of the molecule is CC(=O)[C@H](C)NC(=O)[C@@H]1Cc2ccc(OCCN)c(c2)-c2cc(ccc2OCCN)[C@H](N(C)C[C@@](C=O)(CCCCN)NS(C)(=O)=O)C(=O)N[C@@H](C)C(=O)N1. The van der Waals surface area contributed by atoms with Gasteiger partial charge in [0.15, 0.2) is 5.78 Å². The van der Waals surface area contributed by atoms with Gasteiger partial charge >= 0.3 is 0 Å². The fourth-order valence-electron chi connectivity index (χ4n) is 6.33. The van der Waals surface area contributed by atoms with Crippen molar-refractivity contribution in [3.05, 3.63) is 47.5 Å². The smallest absolute Gasteiger partial charge is 0.243 e. The molecule has 0 saturated carbocycles. The average Bonchev–Trinajstić information content (AvgIpc) is 3.12. The maximum absolute atomic E-state index is 14.4. The third-order valence-electron chi connectivity index (χ3n) is 9.11. The van der Waals surface area contributed by atoms with E-state index in [1.54, 1.807) is 43.4 Å². The number of unbranched alkanes of at least 4 members (excludes halogenated alkanes) is 1. The summed E-state index contributed by atoms with van der Waals surface area (Å²) in [5.74, 6) is -1.44. The Hall–Kier alpha value is -4.46. The fraction of sp³-hybridized carbons (Fsp3) is 0.541. The zero-order chi connectivity index (χ0) is 40.9. The Balaban J connectivity index is 2.31. The van der Waals surface area contributed by atoms with Gasteiger partial charge in [-0.15, -0.1) is 0 Å². The van der Waals surface area contributed by atoms with Gasteiger partial charge in [0.1, 0.15) is 54.7 Å². The Morgan fingerprint density at radius 2 is 1.60 bits per heavy atom. The number of ketones is 1. The summed E-state index contributed by atoms with van der Waals surface area (Å²) in [6.45, 7) is 5.11. The van der Waals surface area contributed by atoms with Crippen molar-refractivity contribution in [2.24, 2.45) is 17.2 Å². The number of carbonyl (C=O) groups is 5. The molecule has 0 aromatic heterocycles. The first-order chi connectivity index (χ1) is 26.0. The first kappa shape index (κ1) is 44.9. The van der Waals surface area contributed by atoms with E-state index in [1.807, 2.05) is 0 Å². The highest BCUT2D eigenvalue weighted by Crippen LogP contribution is 2.40. The quantitative estimate of drug-likeness (QED) is 0.0684. The Kier molecular flexibility index (Phi) is 16.7. The van der Waals surface area contributed by atoms with E-state index < -0.39 is 57.5 Å². The molecule has 304 valence electrons. The number of nitrogens with zero attached hydrogens (tertiary/aromatic N) is 1. The number of carbonyl (C=O) groups excluding carboxylic acids is 5. The number of aldehydes is 1. The lowest BCUT2D eigenvalue weighted by Gasteiger charge is -2.37. The highest BCUT2D eigenvalue weighted by molar-refractivity contribution is 7.88. The van der Waals surface area contributed by atoms with E-state index in [9.17, 15) is 32.4 Å². The van der Waals surface area contributed by atoms with Gasteiger partial charge in [-0.25, -0.2) is 13.1 Å². The van der Waals surface area contributed by atoms with Gasteiger partial charge in [-0.05, 0) is 89.0 Å². The molecule has 55 heavy (non-hydrogen) atoms. The van der Waals surface area contributed by atoms with Crippen LogP contribution in [-0.4, -0.2) is 119 Å². The van der Waals surface area contributed by atoms with E-state index in [1.165, 1.54) is 25.7 Å². The van der Waals surface area contributed by atoms with Crippen molar-refractivity contribution in [3.8, 4) is 22.6 Å². The van der Waals surface area contributed by atoms with Crippen LogP contribution in [0, 0.1) is 0 Å². The second-order valence-electron chi connectivity index (χ2n) is 13.9. The number of hydrogen-bond acceptors (Lipinski definition) is 13. The van der Waals surface area contributed by atoms with Gasteiger partial charge in [0.05, 0.1) is 12.3 Å². The van der Waals surface area contributed by atoms with Crippen molar-refractivity contribution < 1.29 is 41.9 Å². The van der Waals surface area contributed by atoms with Crippen LogP contribution < -0.4 is 47.3 Å². The fourth-order valence-corrected chi connectivity index (χ4v) is 7.28. The van der Waals surface area contributed by atoms with E-state index in [0.29, 0.717) is 59.4 Å². The van der Waals surface area contributed by atoms with Crippen LogP contribution in [0.1, 0.15) is 57.2 Å².